The molecule has 0 saturated carbocycles. The van der Waals surface area contributed by atoms with Crippen LogP contribution in [0.3, 0.4) is 0 Å². The minimum absolute atomic E-state index is 0.0149. The second kappa shape index (κ2) is 8.61. The summed E-state index contributed by atoms with van der Waals surface area (Å²) in [5.74, 6) is 2.07. The van der Waals surface area contributed by atoms with Crippen LogP contribution < -0.4 is 10.1 Å². The lowest BCUT2D eigenvalue weighted by Crippen LogP contribution is -2.35. The van der Waals surface area contributed by atoms with Crippen LogP contribution >= 0.6 is 0 Å². The van der Waals surface area contributed by atoms with Crippen LogP contribution in [0.1, 0.15) is 68.3 Å². The molecular formula is C26H28N2O4. The highest BCUT2D eigenvalue weighted by atomic mass is 16.5. The van der Waals surface area contributed by atoms with Crippen molar-refractivity contribution >= 4 is 17.4 Å². The molecule has 0 unspecified atom stereocenters. The van der Waals surface area contributed by atoms with Gasteiger partial charge in [-0.25, -0.2) is 4.98 Å². The van der Waals surface area contributed by atoms with E-state index in [1.54, 1.807) is 24.4 Å². The SMILES string of the molecule is CC(C)c1ccc(-c2cnc(CCC(=O)Nc3ccc4c(c3)C(=O)CC(C)(C)O4)o2)cc1. The number of carbonyl (C=O) groups excluding carboxylic acids is 2. The summed E-state index contributed by atoms with van der Waals surface area (Å²) in [5.41, 5.74) is 2.79. The monoisotopic (exact) mass is 432 g/mol. The molecule has 1 aromatic heterocycles. The minimum atomic E-state index is -0.514. The number of carbonyl (C=O) groups is 2. The van der Waals surface area contributed by atoms with Gasteiger partial charge < -0.3 is 14.5 Å². The second-order valence-corrected chi connectivity index (χ2v) is 9.12. The number of fused-ring (bicyclic) bond motifs is 1. The number of hydrogen-bond donors (Lipinski definition) is 1. The third-order valence-corrected chi connectivity index (χ3v) is 5.52. The number of rotatable bonds is 6. The van der Waals surface area contributed by atoms with E-state index >= 15 is 0 Å². The van der Waals surface area contributed by atoms with Gasteiger partial charge >= 0.3 is 0 Å². The topological polar surface area (TPSA) is 81.4 Å². The summed E-state index contributed by atoms with van der Waals surface area (Å²) < 4.78 is 11.7. The Labute approximate surface area is 188 Å². The Bertz CT molecular complexity index is 1140. The number of ether oxygens (including phenoxy) is 1. The van der Waals surface area contributed by atoms with Crippen LogP contribution in [0, 0.1) is 0 Å². The van der Waals surface area contributed by atoms with E-state index in [1.165, 1.54) is 5.56 Å². The third kappa shape index (κ3) is 4.90. The molecule has 6 nitrogen and oxygen atoms in total. The van der Waals surface area contributed by atoms with Gasteiger partial charge in [0.2, 0.25) is 5.91 Å². The summed E-state index contributed by atoms with van der Waals surface area (Å²) in [4.78, 5) is 29.1. The van der Waals surface area contributed by atoms with Crippen molar-refractivity contribution in [3.63, 3.8) is 0 Å². The van der Waals surface area contributed by atoms with E-state index in [1.807, 2.05) is 26.0 Å². The molecule has 1 aliphatic rings. The summed E-state index contributed by atoms with van der Waals surface area (Å²) in [7, 11) is 0. The van der Waals surface area contributed by atoms with Gasteiger partial charge in [0.25, 0.3) is 0 Å². The highest BCUT2D eigenvalue weighted by Gasteiger charge is 2.32. The highest BCUT2D eigenvalue weighted by Crippen LogP contribution is 2.34. The third-order valence-electron chi connectivity index (χ3n) is 5.52. The molecule has 0 saturated heterocycles. The molecule has 3 aromatic rings. The number of nitrogens with zero attached hydrogens (tertiary/aromatic N) is 1. The van der Waals surface area contributed by atoms with E-state index in [9.17, 15) is 9.59 Å². The fraction of sp³-hybridized carbons (Fsp3) is 0.346. The number of aryl methyl sites for hydroxylation is 1. The molecule has 0 atom stereocenters. The maximum Gasteiger partial charge on any atom is 0.224 e. The van der Waals surface area contributed by atoms with Crippen molar-refractivity contribution in [3.8, 4) is 17.1 Å². The minimum Gasteiger partial charge on any atom is -0.487 e. The number of amides is 1. The van der Waals surface area contributed by atoms with Gasteiger partial charge in [0.15, 0.2) is 17.4 Å². The van der Waals surface area contributed by atoms with E-state index in [0.29, 0.717) is 47.4 Å². The smallest absolute Gasteiger partial charge is 0.224 e. The zero-order chi connectivity index (χ0) is 22.9. The van der Waals surface area contributed by atoms with Crippen LogP contribution in [0.5, 0.6) is 5.75 Å². The lowest BCUT2D eigenvalue weighted by atomic mass is 9.93. The van der Waals surface area contributed by atoms with Crippen molar-refractivity contribution in [2.45, 2.75) is 58.5 Å². The lowest BCUT2D eigenvalue weighted by Gasteiger charge is -2.31. The summed E-state index contributed by atoms with van der Waals surface area (Å²) in [6.07, 6.45) is 2.61. The zero-order valence-corrected chi connectivity index (χ0v) is 18.9. The molecule has 0 fully saturated rings. The first-order valence-electron chi connectivity index (χ1n) is 10.9. The largest absolute Gasteiger partial charge is 0.487 e. The standard InChI is InChI=1S/C26H28N2O4/c1-16(2)17-5-7-18(8-6-17)23-15-27-25(31-23)12-11-24(30)28-19-9-10-22-20(13-19)21(29)14-26(3,4)32-22/h5-10,13,15-16H,11-12,14H2,1-4H3,(H,28,30). The van der Waals surface area contributed by atoms with Crippen molar-refractivity contribution in [2.75, 3.05) is 5.32 Å². The number of anilines is 1. The average molecular weight is 433 g/mol. The van der Waals surface area contributed by atoms with E-state index in [0.717, 1.165) is 5.56 Å². The van der Waals surface area contributed by atoms with Gasteiger partial charge in [0.1, 0.15) is 11.4 Å². The molecule has 0 aliphatic carbocycles. The number of nitrogens with one attached hydrogen (secondary N) is 1. The van der Waals surface area contributed by atoms with Gasteiger partial charge in [-0.2, -0.15) is 0 Å². The predicted octanol–water partition coefficient (Wildman–Crippen LogP) is 5.78. The predicted molar refractivity (Wildman–Crippen MR) is 123 cm³/mol. The number of hydrogen-bond acceptors (Lipinski definition) is 5. The molecular weight excluding hydrogens is 404 g/mol. The number of Topliss-reactive ketones (excluding diaryl/α,β-unsaturated/α-hetero) is 1. The van der Waals surface area contributed by atoms with E-state index in [4.69, 9.17) is 9.15 Å². The van der Waals surface area contributed by atoms with E-state index in [-0.39, 0.29) is 18.1 Å². The molecule has 0 spiro atoms. The van der Waals surface area contributed by atoms with Gasteiger partial charge in [-0.15, -0.1) is 0 Å². The number of oxazole rings is 1. The first-order chi connectivity index (χ1) is 15.2. The van der Waals surface area contributed by atoms with Crippen LogP contribution in [-0.2, 0) is 11.2 Å². The molecule has 0 radical (unpaired) electrons. The molecule has 1 aliphatic heterocycles. The van der Waals surface area contributed by atoms with Crippen molar-refractivity contribution in [1.82, 2.24) is 4.98 Å². The van der Waals surface area contributed by atoms with Crippen LogP contribution in [0.4, 0.5) is 5.69 Å². The summed E-state index contributed by atoms with van der Waals surface area (Å²) >= 11 is 0. The Balaban J connectivity index is 1.35. The molecule has 0 bridgehead atoms. The number of benzene rings is 2. The highest BCUT2D eigenvalue weighted by molar-refractivity contribution is 6.02. The van der Waals surface area contributed by atoms with Crippen molar-refractivity contribution in [2.24, 2.45) is 0 Å². The first kappa shape index (κ1) is 21.8. The maximum atomic E-state index is 12.4. The molecule has 1 amide bonds. The lowest BCUT2D eigenvalue weighted by molar-refractivity contribution is -0.116. The average Bonchev–Trinajstić information content (AvgIpc) is 3.21. The van der Waals surface area contributed by atoms with Gasteiger partial charge in [0, 0.05) is 24.1 Å². The number of ketones is 1. The molecule has 166 valence electrons. The first-order valence-corrected chi connectivity index (χ1v) is 10.9. The molecule has 32 heavy (non-hydrogen) atoms. The zero-order valence-electron chi connectivity index (χ0n) is 18.9. The summed E-state index contributed by atoms with van der Waals surface area (Å²) in [5, 5.41) is 2.84. The van der Waals surface area contributed by atoms with Gasteiger partial charge in [-0.3, -0.25) is 9.59 Å². The number of aromatic nitrogens is 1. The van der Waals surface area contributed by atoms with Gasteiger partial charge in [0.05, 0.1) is 18.2 Å². The Morgan fingerprint density at radius 2 is 1.91 bits per heavy atom. The Hall–Kier alpha value is -3.41. The van der Waals surface area contributed by atoms with Gasteiger partial charge in [-0.05, 0) is 43.5 Å². The quantitative estimate of drug-likeness (QED) is 0.534. The summed E-state index contributed by atoms with van der Waals surface area (Å²) in [6, 6.07) is 13.4. The van der Waals surface area contributed by atoms with Crippen LogP contribution in [-0.4, -0.2) is 22.3 Å². The summed E-state index contributed by atoms with van der Waals surface area (Å²) in [6.45, 7) is 8.09. The van der Waals surface area contributed by atoms with E-state index < -0.39 is 5.60 Å². The van der Waals surface area contributed by atoms with Crippen LogP contribution in [0.25, 0.3) is 11.3 Å². The normalized spacial score (nSPS) is 14.7. The molecule has 2 aromatic carbocycles. The van der Waals surface area contributed by atoms with Crippen molar-refractivity contribution in [3.05, 3.63) is 65.7 Å². The fourth-order valence-corrected chi connectivity index (χ4v) is 3.77. The van der Waals surface area contributed by atoms with Crippen LogP contribution in [0.15, 0.2) is 53.1 Å². The Morgan fingerprint density at radius 1 is 1.16 bits per heavy atom. The van der Waals surface area contributed by atoms with Gasteiger partial charge in [-0.1, -0.05) is 38.1 Å². The Morgan fingerprint density at radius 3 is 2.62 bits per heavy atom. The molecule has 6 heteroatoms. The van der Waals surface area contributed by atoms with Crippen molar-refractivity contribution < 1.29 is 18.7 Å². The molecule has 2 heterocycles. The van der Waals surface area contributed by atoms with Crippen LogP contribution in [0.2, 0.25) is 0 Å². The second-order valence-electron chi connectivity index (χ2n) is 9.12. The maximum absolute atomic E-state index is 12.4. The molecule has 4 rings (SSSR count). The van der Waals surface area contributed by atoms with Crippen molar-refractivity contribution in [1.29, 1.82) is 0 Å². The molecule has 1 N–H and O–H groups in total. The fourth-order valence-electron chi connectivity index (χ4n) is 3.77. The van der Waals surface area contributed by atoms with E-state index in [2.05, 4.69) is 36.3 Å². The Kier molecular flexibility index (Phi) is 5.87.